The number of nitrogens with one attached hydrogen (secondary N) is 1. The second-order valence-electron chi connectivity index (χ2n) is 5.49. The van der Waals surface area contributed by atoms with Crippen molar-refractivity contribution in [3.63, 3.8) is 0 Å². The first kappa shape index (κ1) is 14.4. The maximum atomic E-state index is 12.0. The zero-order chi connectivity index (χ0) is 15.7. The monoisotopic (exact) mass is 297 g/mol. The van der Waals surface area contributed by atoms with Crippen molar-refractivity contribution in [2.24, 2.45) is 0 Å². The zero-order valence-corrected chi connectivity index (χ0v) is 13.0. The third-order valence-corrected chi connectivity index (χ3v) is 4.02. The molecule has 3 rings (SSSR count). The molecule has 1 atom stereocenters. The Morgan fingerprint density at radius 1 is 1.05 bits per heavy atom. The molecule has 4 nitrogen and oxygen atoms in total. The highest BCUT2D eigenvalue weighted by Gasteiger charge is 2.27. The van der Waals surface area contributed by atoms with Crippen LogP contribution >= 0.6 is 0 Å². The highest BCUT2D eigenvalue weighted by molar-refractivity contribution is 5.82. The van der Waals surface area contributed by atoms with Gasteiger partial charge in [0.15, 0.2) is 11.5 Å². The Bertz CT molecular complexity index is 707. The van der Waals surface area contributed by atoms with Crippen LogP contribution in [0.3, 0.4) is 0 Å². The SMILES string of the molecule is COc1cc2c(cc1OC)[C@H](c1ccc(C)cc1)NC(=O)C2. The molecule has 2 aromatic carbocycles. The van der Waals surface area contributed by atoms with E-state index in [0.717, 1.165) is 16.7 Å². The van der Waals surface area contributed by atoms with Crippen molar-refractivity contribution in [2.75, 3.05) is 14.2 Å². The number of benzene rings is 2. The summed E-state index contributed by atoms with van der Waals surface area (Å²) in [5, 5.41) is 3.06. The van der Waals surface area contributed by atoms with Gasteiger partial charge in [-0.25, -0.2) is 0 Å². The largest absolute Gasteiger partial charge is 0.493 e. The zero-order valence-electron chi connectivity index (χ0n) is 13.0. The van der Waals surface area contributed by atoms with Crippen molar-refractivity contribution in [3.8, 4) is 11.5 Å². The van der Waals surface area contributed by atoms with E-state index in [1.165, 1.54) is 5.56 Å². The van der Waals surface area contributed by atoms with Gasteiger partial charge in [0.1, 0.15) is 0 Å². The Balaban J connectivity index is 2.11. The van der Waals surface area contributed by atoms with Crippen LogP contribution in [0.1, 0.15) is 28.3 Å². The van der Waals surface area contributed by atoms with Crippen molar-refractivity contribution in [3.05, 3.63) is 58.7 Å². The fraction of sp³-hybridized carbons (Fsp3) is 0.278. The number of methoxy groups -OCH3 is 2. The average molecular weight is 297 g/mol. The lowest BCUT2D eigenvalue weighted by Gasteiger charge is -2.28. The van der Waals surface area contributed by atoms with Gasteiger partial charge in [-0.2, -0.15) is 0 Å². The number of hydrogen-bond donors (Lipinski definition) is 1. The summed E-state index contributed by atoms with van der Waals surface area (Å²) in [6.45, 7) is 2.05. The number of hydrogen-bond acceptors (Lipinski definition) is 3. The fourth-order valence-electron chi connectivity index (χ4n) is 2.84. The molecule has 0 bridgehead atoms. The first-order valence-corrected chi connectivity index (χ1v) is 7.23. The van der Waals surface area contributed by atoms with Gasteiger partial charge in [-0.3, -0.25) is 4.79 Å². The van der Waals surface area contributed by atoms with Gasteiger partial charge >= 0.3 is 0 Å². The Hall–Kier alpha value is -2.49. The molecule has 1 heterocycles. The van der Waals surface area contributed by atoms with Crippen LogP contribution in [0.25, 0.3) is 0 Å². The number of fused-ring (bicyclic) bond motifs is 1. The molecule has 0 fully saturated rings. The van der Waals surface area contributed by atoms with E-state index in [4.69, 9.17) is 9.47 Å². The number of ether oxygens (including phenoxy) is 2. The van der Waals surface area contributed by atoms with Gasteiger partial charge in [0.05, 0.1) is 26.7 Å². The van der Waals surface area contributed by atoms with Gasteiger partial charge in [-0.1, -0.05) is 29.8 Å². The molecule has 1 aliphatic heterocycles. The molecule has 1 amide bonds. The minimum Gasteiger partial charge on any atom is -0.493 e. The molecule has 0 radical (unpaired) electrons. The number of amides is 1. The van der Waals surface area contributed by atoms with Crippen LogP contribution in [0.5, 0.6) is 11.5 Å². The maximum Gasteiger partial charge on any atom is 0.225 e. The Morgan fingerprint density at radius 3 is 2.32 bits per heavy atom. The van der Waals surface area contributed by atoms with Crippen LogP contribution in [0, 0.1) is 6.92 Å². The third-order valence-electron chi connectivity index (χ3n) is 4.02. The molecule has 1 aliphatic rings. The summed E-state index contributed by atoms with van der Waals surface area (Å²) in [4.78, 5) is 12.0. The van der Waals surface area contributed by atoms with E-state index in [2.05, 4.69) is 17.4 Å². The Labute approximate surface area is 130 Å². The standard InChI is InChI=1S/C18H19NO3/c1-11-4-6-12(7-5-11)18-14-10-16(22-3)15(21-2)8-13(14)9-17(20)19-18/h4-8,10,18H,9H2,1-3H3,(H,19,20)/t18-/m0/s1. The Kier molecular flexibility index (Phi) is 3.75. The number of carbonyl (C=O) groups excluding carboxylic acids is 1. The summed E-state index contributed by atoms with van der Waals surface area (Å²) in [6, 6.07) is 11.9. The highest BCUT2D eigenvalue weighted by Crippen LogP contribution is 2.37. The highest BCUT2D eigenvalue weighted by atomic mass is 16.5. The number of rotatable bonds is 3. The van der Waals surface area contributed by atoms with Gasteiger partial charge < -0.3 is 14.8 Å². The van der Waals surface area contributed by atoms with E-state index in [0.29, 0.717) is 17.9 Å². The van der Waals surface area contributed by atoms with E-state index < -0.39 is 0 Å². The summed E-state index contributed by atoms with van der Waals surface area (Å²) in [5.41, 5.74) is 4.29. The van der Waals surface area contributed by atoms with Gasteiger partial charge in [-0.05, 0) is 35.7 Å². The van der Waals surface area contributed by atoms with Crippen molar-refractivity contribution >= 4 is 5.91 Å². The van der Waals surface area contributed by atoms with E-state index in [1.807, 2.05) is 31.2 Å². The molecule has 0 unspecified atom stereocenters. The minimum absolute atomic E-state index is 0.0188. The van der Waals surface area contributed by atoms with E-state index in [9.17, 15) is 4.79 Å². The average Bonchev–Trinajstić information content (AvgIpc) is 2.53. The molecule has 0 saturated heterocycles. The molecule has 0 aromatic heterocycles. The predicted octanol–water partition coefficient (Wildman–Crippen LogP) is 2.77. The molecule has 4 heteroatoms. The van der Waals surface area contributed by atoms with Crippen LogP contribution in [0.15, 0.2) is 36.4 Å². The van der Waals surface area contributed by atoms with E-state index in [-0.39, 0.29) is 11.9 Å². The first-order chi connectivity index (χ1) is 10.6. The smallest absolute Gasteiger partial charge is 0.225 e. The van der Waals surface area contributed by atoms with Gasteiger partial charge in [0, 0.05) is 0 Å². The van der Waals surface area contributed by atoms with Crippen molar-refractivity contribution in [2.45, 2.75) is 19.4 Å². The van der Waals surface area contributed by atoms with Gasteiger partial charge in [0.2, 0.25) is 5.91 Å². The molecular formula is C18H19NO3. The van der Waals surface area contributed by atoms with Gasteiger partial charge in [-0.15, -0.1) is 0 Å². The minimum atomic E-state index is -0.156. The van der Waals surface area contributed by atoms with Crippen molar-refractivity contribution in [1.29, 1.82) is 0 Å². The molecule has 1 N–H and O–H groups in total. The van der Waals surface area contributed by atoms with Crippen LogP contribution in [-0.2, 0) is 11.2 Å². The summed E-state index contributed by atoms with van der Waals surface area (Å²) < 4.78 is 10.7. The summed E-state index contributed by atoms with van der Waals surface area (Å²) in [6.07, 6.45) is 0.359. The van der Waals surface area contributed by atoms with Crippen molar-refractivity contribution in [1.82, 2.24) is 5.32 Å². The molecule has 0 spiro atoms. The molecule has 2 aromatic rings. The molecule has 0 aliphatic carbocycles. The third kappa shape index (κ3) is 2.52. The van der Waals surface area contributed by atoms with Gasteiger partial charge in [0.25, 0.3) is 0 Å². The lowest BCUT2D eigenvalue weighted by molar-refractivity contribution is -0.121. The fourth-order valence-corrected chi connectivity index (χ4v) is 2.84. The molecule has 114 valence electrons. The number of aryl methyl sites for hydroxylation is 1. The molecule has 0 saturated carbocycles. The van der Waals surface area contributed by atoms with E-state index in [1.54, 1.807) is 14.2 Å². The molecular weight excluding hydrogens is 278 g/mol. The normalized spacial score (nSPS) is 16.7. The molecule has 22 heavy (non-hydrogen) atoms. The van der Waals surface area contributed by atoms with E-state index >= 15 is 0 Å². The van der Waals surface area contributed by atoms with Crippen LogP contribution in [-0.4, -0.2) is 20.1 Å². The van der Waals surface area contributed by atoms with Crippen LogP contribution in [0.2, 0.25) is 0 Å². The quantitative estimate of drug-likeness (QED) is 0.947. The second kappa shape index (κ2) is 5.72. The summed E-state index contributed by atoms with van der Waals surface area (Å²) in [5.74, 6) is 1.35. The van der Waals surface area contributed by atoms with Crippen molar-refractivity contribution < 1.29 is 14.3 Å². The summed E-state index contributed by atoms with van der Waals surface area (Å²) >= 11 is 0. The lowest BCUT2D eigenvalue weighted by Crippen LogP contribution is -2.35. The topological polar surface area (TPSA) is 47.6 Å². The first-order valence-electron chi connectivity index (χ1n) is 7.23. The Morgan fingerprint density at radius 2 is 1.68 bits per heavy atom. The number of carbonyl (C=O) groups is 1. The maximum absolute atomic E-state index is 12.0. The summed E-state index contributed by atoms with van der Waals surface area (Å²) in [7, 11) is 3.22. The second-order valence-corrected chi connectivity index (χ2v) is 5.49. The predicted molar refractivity (Wildman–Crippen MR) is 84.4 cm³/mol. The van der Waals surface area contributed by atoms with Crippen LogP contribution < -0.4 is 14.8 Å². The lowest BCUT2D eigenvalue weighted by atomic mass is 9.89. The van der Waals surface area contributed by atoms with Crippen LogP contribution in [0.4, 0.5) is 0 Å².